The molecule has 0 saturated carbocycles. The Morgan fingerprint density at radius 3 is 1.13 bits per heavy atom. The van der Waals surface area contributed by atoms with Crippen molar-refractivity contribution in [2.45, 2.75) is 107 Å². The molecule has 6 rings (SSSR count). The normalized spacial score (nSPS) is 11.0. The minimum absolute atomic E-state index is 0. The zero-order valence-electron chi connectivity index (χ0n) is 35.6. The zero-order valence-corrected chi connectivity index (χ0v) is 40.7. The van der Waals surface area contributed by atoms with Gasteiger partial charge in [-0.1, -0.05) is 140 Å². The number of halogens is 2. The minimum atomic E-state index is 0. The van der Waals surface area contributed by atoms with Gasteiger partial charge in [0.1, 0.15) is 0 Å². The Kier molecular flexibility index (Phi) is 21.0. The van der Waals surface area contributed by atoms with Crippen LogP contribution in [0.3, 0.4) is 0 Å². The van der Waals surface area contributed by atoms with E-state index in [9.17, 15) is 0 Å². The van der Waals surface area contributed by atoms with Gasteiger partial charge in [-0.25, -0.2) is 0 Å². The fraction of sp³-hybridized carbons (Fsp3) is 0.360. The summed E-state index contributed by atoms with van der Waals surface area (Å²) in [4.78, 5) is 0. The van der Waals surface area contributed by atoms with E-state index >= 15 is 0 Å². The predicted octanol–water partition coefficient (Wildman–Crippen LogP) is 15.4. The van der Waals surface area contributed by atoms with E-state index in [2.05, 4.69) is 187 Å². The van der Waals surface area contributed by atoms with Crippen molar-refractivity contribution in [1.82, 2.24) is 0 Å². The van der Waals surface area contributed by atoms with Gasteiger partial charge in [0.2, 0.25) is 0 Å². The third-order valence-corrected chi connectivity index (χ3v) is 9.63. The summed E-state index contributed by atoms with van der Waals surface area (Å²) in [5, 5.41) is 5.56. The molecule has 0 unspecified atom stereocenters. The first-order valence-corrected chi connectivity index (χ1v) is 22.6. The van der Waals surface area contributed by atoms with E-state index in [1.807, 2.05) is 0 Å². The van der Waals surface area contributed by atoms with Gasteiger partial charge in [-0.3, -0.25) is 0 Å². The van der Waals surface area contributed by atoms with Crippen LogP contribution in [0.2, 0.25) is 0 Å². The summed E-state index contributed by atoms with van der Waals surface area (Å²) in [7, 11) is 0. The zero-order chi connectivity index (χ0) is 37.0. The second kappa shape index (κ2) is 21.9. The standard InChI is InChI=1S/2C24H29.2CH3.2ClH.Si.Zr/c2*1-16(2)13-18-14-19-11-12-22(24(4,5)6)23(21(19)15-18)20-10-8-7-9-17(20)3;;;;;;/h2*7-12,14-16H,13H2,1-6H3;2*1H3;2*1H;;/q4*-1;;;;. The monoisotopic (exact) mass is 854 g/mol. The number of hydrogen-bond donors (Lipinski definition) is 0. The number of fused-ring (bicyclic) bond motifs is 2. The molecule has 0 N–H and O–H groups in total. The van der Waals surface area contributed by atoms with Crippen LogP contribution in [0.5, 0.6) is 0 Å². The van der Waals surface area contributed by atoms with Crippen molar-refractivity contribution in [2.75, 3.05) is 0 Å². The van der Waals surface area contributed by atoms with E-state index in [0.717, 1.165) is 12.8 Å². The molecule has 0 aliphatic rings. The van der Waals surface area contributed by atoms with Gasteiger partial charge in [-0.2, -0.15) is 12.1 Å². The summed E-state index contributed by atoms with van der Waals surface area (Å²) < 4.78 is 0. The van der Waals surface area contributed by atoms with Crippen molar-refractivity contribution in [2.24, 2.45) is 11.8 Å². The summed E-state index contributed by atoms with van der Waals surface area (Å²) >= 11 is 1.36. The predicted molar refractivity (Wildman–Crippen MR) is 247 cm³/mol. The summed E-state index contributed by atoms with van der Waals surface area (Å²) in [6.07, 6.45) is 2.29. The topological polar surface area (TPSA) is 0 Å². The van der Waals surface area contributed by atoms with Gasteiger partial charge in [0.15, 0.2) is 0 Å². The Bertz CT molecular complexity index is 1900. The van der Waals surface area contributed by atoms with Crippen LogP contribution in [0.4, 0.5) is 0 Å². The van der Waals surface area contributed by atoms with Crippen molar-refractivity contribution in [3.8, 4) is 22.3 Å². The van der Waals surface area contributed by atoms with Crippen LogP contribution in [0, 0.1) is 40.5 Å². The quantitative estimate of drug-likeness (QED) is 0.116. The van der Waals surface area contributed by atoms with Gasteiger partial charge in [0.05, 0.1) is 0 Å². The SMILES string of the molecule is Cc1ccccc1-c1c(C(C)(C)C)ccc2[cH-]c(CC(C)C)cc12.Cc1ccccc1-c1c(C(C)(C)C)ccc2[cH-]c(CC(C)C)cc12.Cl.Cl.[CH3-].[CH3-].[Si]=[Zr]. The van der Waals surface area contributed by atoms with E-state index in [1.165, 1.54) is 101 Å². The van der Waals surface area contributed by atoms with Crippen LogP contribution in [0.15, 0.2) is 97.1 Å². The van der Waals surface area contributed by atoms with Crippen LogP contribution in [-0.4, -0.2) is 6.88 Å². The fourth-order valence-corrected chi connectivity index (χ4v) is 7.40. The van der Waals surface area contributed by atoms with Gasteiger partial charge < -0.3 is 14.9 Å². The Morgan fingerprint density at radius 2 is 0.852 bits per heavy atom. The first-order chi connectivity index (χ1) is 23.5. The van der Waals surface area contributed by atoms with Gasteiger partial charge >= 0.3 is 30.2 Å². The Morgan fingerprint density at radius 1 is 0.537 bits per heavy atom. The van der Waals surface area contributed by atoms with Gasteiger partial charge in [0.25, 0.3) is 0 Å². The number of aryl methyl sites for hydroxylation is 2. The molecule has 0 aromatic heterocycles. The maximum absolute atomic E-state index is 3.06. The summed E-state index contributed by atoms with van der Waals surface area (Å²) in [6.45, 7) is 30.6. The Hall–Kier alpha value is -2.22. The average molecular weight is 857 g/mol. The van der Waals surface area contributed by atoms with Crippen molar-refractivity contribution < 1.29 is 23.3 Å². The molecule has 0 heterocycles. The fourth-order valence-electron chi connectivity index (χ4n) is 7.40. The number of hydrogen-bond acceptors (Lipinski definition) is 0. The molecule has 0 bridgehead atoms. The second-order valence-electron chi connectivity index (χ2n) is 17.0. The molecule has 0 aliphatic carbocycles. The van der Waals surface area contributed by atoms with Gasteiger partial charge in [-0.05, 0) is 71.6 Å². The summed E-state index contributed by atoms with van der Waals surface area (Å²) in [5.74, 6) is 1.37. The molecule has 0 aliphatic heterocycles. The van der Waals surface area contributed by atoms with Crippen LogP contribution in [-0.2, 0) is 47.0 Å². The first kappa shape index (κ1) is 51.8. The Balaban J connectivity index is 0.000000929. The molecule has 0 nitrogen and oxygen atoms in total. The third kappa shape index (κ3) is 12.4. The van der Waals surface area contributed by atoms with Crippen LogP contribution < -0.4 is 0 Å². The number of rotatable bonds is 6. The molecule has 4 heteroatoms. The van der Waals surface area contributed by atoms with Crippen molar-refractivity contribution in [3.05, 3.63) is 145 Å². The van der Waals surface area contributed by atoms with E-state index in [0.29, 0.717) is 11.8 Å². The van der Waals surface area contributed by atoms with E-state index in [-0.39, 0.29) is 50.5 Å². The summed E-state index contributed by atoms with van der Waals surface area (Å²) in [5.41, 5.74) is 14.3. The van der Waals surface area contributed by atoms with Crippen molar-refractivity contribution >= 4 is 53.2 Å². The molecule has 6 aromatic carbocycles. The summed E-state index contributed by atoms with van der Waals surface area (Å²) in [6, 6.07) is 36.5. The first-order valence-electron chi connectivity index (χ1n) is 18.4. The van der Waals surface area contributed by atoms with E-state index in [1.54, 1.807) is 0 Å². The molecule has 0 spiro atoms. The second-order valence-corrected chi connectivity index (χ2v) is 17.0. The van der Waals surface area contributed by atoms with Crippen LogP contribution >= 0.6 is 24.8 Å². The molecule has 0 fully saturated rings. The third-order valence-electron chi connectivity index (χ3n) is 9.63. The number of benzene rings is 4. The molecule has 292 valence electrons. The molecule has 2 radical (unpaired) electrons. The molecule has 0 atom stereocenters. The molecular formula is C50H66Cl2SiZr-4. The molecule has 0 saturated heterocycles. The van der Waals surface area contributed by atoms with Crippen LogP contribution in [0.1, 0.15) is 103 Å². The van der Waals surface area contributed by atoms with E-state index in [4.69, 9.17) is 0 Å². The van der Waals surface area contributed by atoms with Gasteiger partial charge in [0, 0.05) is 0 Å². The maximum atomic E-state index is 3.06. The average Bonchev–Trinajstić information content (AvgIpc) is 3.63. The van der Waals surface area contributed by atoms with Crippen molar-refractivity contribution in [3.63, 3.8) is 0 Å². The molecule has 6 aromatic rings. The van der Waals surface area contributed by atoms with Gasteiger partial charge in [-0.15, -0.1) is 93.9 Å². The molecule has 54 heavy (non-hydrogen) atoms. The van der Waals surface area contributed by atoms with E-state index < -0.39 is 0 Å². The van der Waals surface area contributed by atoms with Crippen molar-refractivity contribution in [1.29, 1.82) is 0 Å². The Labute approximate surface area is 360 Å². The molecular weight excluding hydrogens is 791 g/mol. The van der Waals surface area contributed by atoms with Crippen LogP contribution in [0.25, 0.3) is 43.8 Å². The molecule has 0 amide bonds.